The zero-order chi connectivity index (χ0) is 13.3. The molecule has 0 fully saturated rings. The van der Waals surface area contributed by atoms with E-state index in [9.17, 15) is 10.2 Å². The molecule has 0 aliphatic heterocycles. The maximum Gasteiger partial charge on any atom is 0.116 e. The maximum absolute atomic E-state index is 10.00. The second kappa shape index (κ2) is 6.24. The summed E-state index contributed by atoms with van der Waals surface area (Å²) in [5, 5.41) is 21.4. The molecule has 19 heavy (non-hydrogen) atoms. The molecule has 0 bridgehead atoms. The van der Waals surface area contributed by atoms with Crippen LogP contribution in [0.3, 0.4) is 0 Å². The Bertz CT molecular complexity index is 557. The molecule has 0 amide bonds. The van der Waals surface area contributed by atoms with E-state index in [1.807, 2.05) is 38.1 Å². The summed E-state index contributed by atoms with van der Waals surface area (Å²) in [6.45, 7) is 3.90. The van der Waals surface area contributed by atoms with Crippen LogP contribution in [0.25, 0.3) is 10.8 Å². The van der Waals surface area contributed by atoms with Crippen molar-refractivity contribution in [3.63, 3.8) is 0 Å². The normalized spacial score (nSPS) is 14.2. The molecule has 2 aromatic rings. The summed E-state index contributed by atoms with van der Waals surface area (Å²) in [4.78, 5) is 0. The Morgan fingerprint density at radius 1 is 1.00 bits per heavy atom. The predicted octanol–water partition coefficient (Wildman–Crippen LogP) is 2.98. The molecule has 0 radical (unpaired) electrons. The molecule has 3 nitrogen and oxygen atoms in total. The fourth-order valence-electron chi connectivity index (χ4n) is 2.07. The fourth-order valence-corrected chi connectivity index (χ4v) is 2.07. The van der Waals surface area contributed by atoms with E-state index >= 15 is 0 Å². The minimum absolute atomic E-state index is 0. The quantitative estimate of drug-likeness (QED) is 0.810. The molecule has 0 spiro atoms. The van der Waals surface area contributed by atoms with Crippen molar-refractivity contribution in [3.8, 4) is 5.75 Å². The number of aliphatic hydroxyl groups excluding tert-OH is 1. The van der Waals surface area contributed by atoms with Crippen LogP contribution in [0.5, 0.6) is 5.75 Å². The molecular weight excluding hydrogens is 262 g/mol. The van der Waals surface area contributed by atoms with Crippen LogP contribution in [0.4, 0.5) is 0 Å². The van der Waals surface area contributed by atoms with Crippen molar-refractivity contribution >= 4 is 23.2 Å². The lowest BCUT2D eigenvalue weighted by Gasteiger charge is -2.22. The number of nitrogens with two attached hydrogens (primary N) is 1. The van der Waals surface area contributed by atoms with Crippen molar-refractivity contribution in [1.82, 2.24) is 0 Å². The van der Waals surface area contributed by atoms with E-state index in [2.05, 4.69) is 0 Å². The highest BCUT2D eigenvalue weighted by molar-refractivity contribution is 5.85. The van der Waals surface area contributed by atoms with Crippen molar-refractivity contribution in [2.75, 3.05) is 0 Å². The van der Waals surface area contributed by atoms with E-state index in [0.717, 1.165) is 16.3 Å². The summed E-state index contributed by atoms with van der Waals surface area (Å²) in [6, 6.07) is 10.6. The van der Waals surface area contributed by atoms with Gasteiger partial charge in [0.2, 0.25) is 0 Å². The minimum Gasteiger partial charge on any atom is -0.508 e. The molecular formula is C15H20ClNO2. The lowest BCUT2D eigenvalue weighted by molar-refractivity contribution is 0.0980. The Morgan fingerprint density at radius 2 is 1.58 bits per heavy atom. The van der Waals surface area contributed by atoms with Crippen LogP contribution in [-0.4, -0.2) is 16.3 Å². The van der Waals surface area contributed by atoms with Gasteiger partial charge in [-0.1, -0.05) is 32.0 Å². The summed E-state index contributed by atoms with van der Waals surface area (Å²) in [6.07, 6.45) is -0.556. The third kappa shape index (κ3) is 3.38. The molecule has 0 unspecified atom stereocenters. The fraction of sp³-hybridized carbons (Fsp3) is 0.333. The van der Waals surface area contributed by atoms with Crippen molar-refractivity contribution in [1.29, 1.82) is 0 Å². The van der Waals surface area contributed by atoms with Crippen molar-refractivity contribution < 1.29 is 10.2 Å². The van der Waals surface area contributed by atoms with Gasteiger partial charge in [0.25, 0.3) is 0 Å². The van der Waals surface area contributed by atoms with Crippen LogP contribution in [0, 0.1) is 5.92 Å². The third-order valence-electron chi connectivity index (χ3n) is 3.28. The van der Waals surface area contributed by atoms with Gasteiger partial charge in [-0.25, -0.2) is 0 Å². The molecule has 0 aromatic heterocycles. The standard InChI is InChI=1S/C15H19NO2.ClH/c1-9(2)15(18)14(16)12-4-3-11-8-13(17)6-5-10(11)7-12;/h3-9,14-15,17-18H,16H2,1-2H3;1H/t14-,15+;/m0./s1. The van der Waals surface area contributed by atoms with Gasteiger partial charge in [-0.2, -0.15) is 0 Å². The SMILES string of the molecule is CC(C)[C@@H](O)[C@@H](N)c1ccc2cc(O)ccc2c1.Cl. The zero-order valence-corrected chi connectivity index (χ0v) is 11.9. The highest BCUT2D eigenvalue weighted by Crippen LogP contribution is 2.25. The van der Waals surface area contributed by atoms with Gasteiger partial charge in [-0.15, -0.1) is 12.4 Å². The monoisotopic (exact) mass is 281 g/mol. The minimum atomic E-state index is -0.556. The molecule has 2 rings (SSSR count). The summed E-state index contributed by atoms with van der Waals surface area (Å²) >= 11 is 0. The summed E-state index contributed by atoms with van der Waals surface area (Å²) < 4.78 is 0. The first-order chi connectivity index (χ1) is 8.49. The van der Waals surface area contributed by atoms with Gasteiger partial charge in [0.05, 0.1) is 12.1 Å². The van der Waals surface area contributed by atoms with Gasteiger partial charge >= 0.3 is 0 Å². The molecule has 2 aromatic carbocycles. The molecule has 0 aliphatic carbocycles. The Morgan fingerprint density at radius 3 is 2.21 bits per heavy atom. The Balaban J connectivity index is 0.00000180. The molecule has 104 valence electrons. The third-order valence-corrected chi connectivity index (χ3v) is 3.28. The van der Waals surface area contributed by atoms with Crippen molar-refractivity contribution in [3.05, 3.63) is 42.0 Å². The van der Waals surface area contributed by atoms with Crippen molar-refractivity contribution in [2.45, 2.75) is 26.0 Å². The van der Waals surface area contributed by atoms with E-state index in [0.29, 0.717) is 0 Å². The Kier molecular flexibility index (Phi) is 5.18. The van der Waals surface area contributed by atoms with Gasteiger partial charge in [-0.05, 0) is 40.5 Å². The van der Waals surface area contributed by atoms with Gasteiger partial charge in [0, 0.05) is 0 Å². The summed E-state index contributed by atoms with van der Waals surface area (Å²) in [7, 11) is 0. The second-order valence-electron chi connectivity index (χ2n) is 5.05. The van der Waals surface area contributed by atoms with Crippen molar-refractivity contribution in [2.24, 2.45) is 11.7 Å². The van der Waals surface area contributed by atoms with E-state index < -0.39 is 6.10 Å². The van der Waals surface area contributed by atoms with Crippen LogP contribution >= 0.6 is 12.4 Å². The first-order valence-corrected chi connectivity index (χ1v) is 6.15. The number of phenols is 1. The van der Waals surface area contributed by atoms with Crippen LogP contribution in [0.15, 0.2) is 36.4 Å². The van der Waals surface area contributed by atoms with E-state index in [1.165, 1.54) is 0 Å². The van der Waals surface area contributed by atoms with E-state index in [4.69, 9.17) is 5.73 Å². The van der Waals surface area contributed by atoms with Gasteiger partial charge in [0.1, 0.15) is 5.75 Å². The second-order valence-corrected chi connectivity index (χ2v) is 5.05. The lowest BCUT2D eigenvalue weighted by atomic mass is 9.93. The number of phenolic OH excluding ortho intramolecular Hbond substituents is 1. The summed E-state index contributed by atoms with van der Waals surface area (Å²) in [5.74, 6) is 0.372. The molecule has 4 N–H and O–H groups in total. The highest BCUT2D eigenvalue weighted by Gasteiger charge is 2.20. The first-order valence-electron chi connectivity index (χ1n) is 6.15. The molecule has 0 heterocycles. The predicted molar refractivity (Wildman–Crippen MR) is 80.6 cm³/mol. The number of aliphatic hydroxyl groups is 1. The number of hydrogen-bond acceptors (Lipinski definition) is 3. The summed E-state index contributed by atoms with van der Waals surface area (Å²) in [5.41, 5.74) is 6.97. The molecule has 0 aliphatic rings. The molecule has 2 atom stereocenters. The molecule has 0 saturated carbocycles. The van der Waals surface area contributed by atoms with Crippen LogP contribution < -0.4 is 5.73 Å². The zero-order valence-electron chi connectivity index (χ0n) is 11.1. The van der Waals surface area contributed by atoms with Gasteiger partial charge in [0.15, 0.2) is 0 Å². The number of rotatable bonds is 3. The number of hydrogen-bond donors (Lipinski definition) is 3. The van der Waals surface area contributed by atoms with Gasteiger partial charge < -0.3 is 15.9 Å². The first kappa shape index (κ1) is 15.8. The van der Waals surface area contributed by atoms with Gasteiger partial charge in [-0.3, -0.25) is 0 Å². The molecule has 0 saturated heterocycles. The molecule has 4 heteroatoms. The maximum atomic E-state index is 10.00. The van der Waals surface area contributed by atoms with Crippen LogP contribution in [-0.2, 0) is 0 Å². The number of benzene rings is 2. The number of fused-ring (bicyclic) bond motifs is 1. The van der Waals surface area contributed by atoms with Crippen LogP contribution in [0.2, 0.25) is 0 Å². The largest absolute Gasteiger partial charge is 0.508 e. The number of aromatic hydroxyl groups is 1. The van der Waals surface area contributed by atoms with Crippen LogP contribution in [0.1, 0.15) is 25.5 Å². The average Bonchev–Trinajstić information content (AvgIpc) is 2.36. The van der Waals surface area contributed by atoms with E-state index in [1.54, 1.807) is 12.1 Å². The lowest BCUT2D eigenvalue weighted by Crippen LogP contribution is -2.30. The highest BCUT2D eigenvalue weighted by atomic mass is 35.5. The topological polar surface area (TPSA) is 66.5 Å². The Hall–Kier alpha value is -1.29. The van der Waals surface area contributed by atoms with E-state index in [-0.39, 0.29) is 30.1 Å². The average molecular weight is 282 g/mol. The Labute approximate surface area is 119 Å². The number of halogens is 1. The smallest absolute Gasteiger partial charge is 0.116 e.